The molecule has 0 amide bonds. The highest BCUT2D eigenvalue weighted by atomic mass is 16.4. The minimum atomic E-state index is -0.559. The van der Waals surface area contributed by atoms with Gasteiger partial charge in [-0.05, 0) is 24.6 Å². The Morgan fingerprint density at radius 1 is 1.15 bits per heavy atom. The lowest BCUT2D eigenvalue weighted by Crippen LogP contribution is -2.37. The van der Waals surface area contributed by atoms with Crippen LogP contribution in [0.2, 0.25) is 0 Å². The van der Waals surface area contributed by atoms with E-state index in [9.17, 15) is 19.5 Å². The fraction of sp³-hybridized carbons (Fsp3) is 0.222. The van der Waals surface area contributed by atoms with Gasteiger partial charge in [0.05, 0.1) is 12.9 Å². The van der Waals surface area contributed by atoms with Crippen molar-refractivity contribution in [3.05, 3.63) is 66.9 Å². The Hall–Kier alpha value is -3.62. The third-order valence-electron chi connectivity index (χ3n) is 4.78. The molecule has 138 valence electrons. The van der Waals surface area contributed by atoms with Crippen molar-refractivity contribution in [2.75, 3.05) is 0 Å². The van der Waals surface area contributed by atoms with Crippen molar-refractivity contribution in [3.8, 4) is 5.75 Å². The molecule has 0 fully saturated rings. The molecule has 3 heterocycles. The molecular formula is C18H16N4O5. The van der Waals surface area contributed by atoms with Crippen molar-refractivity contribution < 1.29 is 9.52 Å². The normalized spacial score (nSPS) is 11.5. The van der Waals surface area contributed by atoms with Crippen molar-refractivity contribution in [1.29, 1.82) is 0 Å². The lowest BCUT2D eigenvalue weighted by Gasteiger charge is -2.10. The fourth-order valence-corrected chi connectivity index (χ4v) is 3.25. The summed E-state index contributed by atoms with van der Waals surface area (Å²) in [5.74, 6) is 0.0275. The molecule has 1 aromatic carbocycles. The summed E-state index contributed by atoms with van der Waals surface area (Å²) in [5.41, 5.74) is 0.403. The number of rotatable bonds is 2. The molecule has 0 aliphatic heterocycles. The minimum absolute atomic E-state index is 0.0275. The van der Waals surface area contributed by atoms with E-state index in [-0.39, 0.29) is 23.5 Å². The van der Waals surface area contributed by atoms with E-state index in [1.807, 2.05) is 0 Å². The highest BCUT2D eigenvalue weighted by Gasteiger charge is 2.16. The number of phenols is 1. The average molecular weight is 368 g/mol. The molecule has 3 aromatic heterocycles. The lowest BCUT2D eigenvalue weighted by atomic mass is 10.1. The SMILES string of the molecule is Cc1c(O)ccc2c(Cn3cnc4c3c(=O)n(C)c(=O)n4C)cc(=O)oc12. The van der Waals surface area contributed by atoms with Crippen LogP contribution in [-0.4, -0.2) is 23.8 Å². The molecule has 0 spiro atoms. The Labute approximate surface area is 151 Å². The zero-order valence-electron chi connectivity index (χ0n) is 14.9. The highest BCUT2D eigenvalue weighted by Crippen LogP contribution is 2.28. The van der Waals surface area contributed by atoms with E-state index in [4.69, 9.17) is 4.42 Å². The summed E-state index contributed by atoms with van der Waals surface area (Å²) in [5, 5.41) is 10.5. The van der Waals surface area contributed by atoms with E-state index in [0.717, 1.165) is 4.57 Å². The number of fused-ring (bicyclic) bond motifs is 2. The van der Waals surface area contributed by atoms with Crippen LogP contribution < -0.4 is 16.9 Å². The van der Waals surface area contributed by atoms with Gasteiger partial charge in [-0.2, -0.15) is 0 Å². The highest BCUT2D eigenvalue weighted by molar-refractivity contribution is 5.85. The number of nitrogens with zero attached hydrogens (tertiary/aromatic N) is 4. The lowest BCUT2D eigenvalue weighted by molar-refractivity contribution is 0.468. The number of aromatic nitrogens is 4. The molecule has 0 aliphatic rings. The zero-order chi connectivity index (χ0) is 19.5. The number of aryl methyl sites for hydroxylation is 2. The summed E-state index contributed by atoms with van der Waals surface area (Å²) in [6.07, 6.45) is 1.46. The second kappa shape index (κ2) is 5.70. The maximum atomic E-state index is 12.6. The molecule has 9 heteroatoms. The monoisotopic (exact) mass is 368 g/mol. The fourth-order valence-electron chi connectivity index (χ4n) is 3.25. The maximum absolute atomic E-state index is 12.6. The standard InChI is InChI=1S/C18H16N4O5/c1-9-12(23)5-4-11-10(6-13(24)27-15(9)11)7-22-8-19-16-14(22)17(25)21(3)18(26)20(16)2/h4-6,8,23H,7H2,1-3H3. The van der Waals surface area contributed by atoms with Crippen LogP contribution >= 0.6 is 0 Å². The molecular weight excluding hydrogens is 352 g/mol. The molecule has 0 atom stereocenters. The number of imidazole rings is 1. The minimum Gasteiger partial charge on any atom is -0.508 e. The van der Waals surface area contributed by atoms with E-state index >= 15 is 0 Å². The Balaban J connectivity index is 1.99. The van der Waals surface area contributed by atoms with Gasteiger partial charge in [-0.25, -0.2) is 14.6 Å². The Kier molecular flexibility index (Phi) is 3.55. The quantitative estimate of drug-likeness (QED) is 0.519. The second-order valence-electron chi connectivity index (χ2n) is 6.43. The number of aromatic hydroxyl groups is 1. The third-order valence-corrected chi connectivity index (χ3v) is 4.78. The molecule has 1 N–H and O–H groups in total. The van der Waals surface area contributed by atoms with Crippen LogP contribution in [0.5, 0.6) is 5.75 Å². The Bertz CT molecular complexity index is 1400. The van der Waals surface area contributed by atoms with Crippen LogP contribution in [0.25, 0.3) is 22.1 Å². The Morgan fingerprint density at radius 2 is 1.89 bits per heavy atom. The predicted molar refractivity (Wildman–Crippen MR) is 98.2 cm³/mol. The number of hydrogen-bond donors (Lipinski definition) is 1. The molecule has 0 radical (unpaired) electrons. The summed E-state index contributed by atoms with van der Waals surface area (Å²) in [6, 6.07) is 4.52. The molecule has 27 heavy (non-hydrogen) atoms. The summed E-state index contributed by atoms with van der Waals surface area (Å²) in [4.78, 5) is 40.8. The van der Waals surface area contributed by atoms with Gasteiger partial charge in [0, 0.05) is 31.1 Å². The summed E-state index contributed by atoms with van der Waals surface area (Å²) < 4.78 is 9.15. The smallest absolute Gasteiger partial charge is 0.336 e. The summed E-state index contributed by atoms with van der Waals surface area (Å²) in [7, 11) is 2.94. The van der Waals surface area contributed by atoms with Crippen molar-refractivity contribution in [1.82, 2.24) is 18.7 Å². The van der Waals surface area contributed by atoms with Crippen LogP contribution in [0.15, 0.2) is 43.3 Å². The molecule has 4 aromatic rings. The van der Waals surface area contributed by atoms with Crippen molar-refractivity contribution in [2.45, 2.75) is 13.5 Å². The molecule has 0 saturated carbocycles. The first-order valence-corrected chi connectivity index (χ1v) is 8.15. The van der Waals surface area contributed by atoms with Crippen molar-refractivity contribution in [2.24, 2.45) is 14.1 Å². The molecule has 0 saturated heterocycles. The van der Waals surface area contributed by atoms with E-state index in [1.54, 1.807) is 24.6 Å². The van der Waals surface area contributed by atoms with E-state index in [1.165, 1.54) is 30.1 Å². The first-order valence-electron chi connectivity index (χ1n) is 8.15. The molecule has 0 aliphatic carbocycles. The van der Waals surface area contributed by atoms with Crippen LogP contribution in [-0.2, 0) is 20.6 Å². The topological polar surface area (TPSA) is 112 Å². The zero-order valence-corrected chi connectivity index (χ0v) is 14.9. The summed E-state index contributed by atoms with van der Waals surface area (Å²) in [6.45, 7) is 1.83. The average Bonchev–Trinajstić information content (AvgIpc) is 3.05. The van der Waals surface area contributed by atoms with Crippen LogP contribution in [0.3, 0.4) is 0 Å². The van der Waals surface area contributed by atoms with E-state index < -0.39 is 16.9 Å². The van der Waals surface area contributed by atoms with Crippen molar-refractivity contribution >= 4 is 22.1 Å². The third kappa shape index (κ3) is 2.39. The van der Waals surface area contributed by atoms with Crippen LogP contribution in [0, 0.1) is 6.92 Å². The van der Waals surface area contributed by atoms with Gasteiger partial charge < -0.3 is 14.1 Å². The molecule has 9 nitrogen and oxygen atoms in total. The number of hydrogen-bond acceptors (Lipinski definition) is 6. The van der Waals surface area contributed by atoms with Crippen molar-refractivity contribution in [3.63, 3.8) is 0 Å². The Morgan fingerprint density at radius 3 is 2.63 bits per heavy atom. The molecule has 0 unspecified atom stereocenters. The van der Waals surface area contributed by atoms with Gasteiger partial charge in [0.25, 0.3) is 5.56 Å². The van der Waals surface area contributed by atoms with E-state index in [2.05, 4.69) is 4.98 Å². The van der Waals surface area contributed by atoms with Crippen LogP contribution in [0.4, 0.5) is 0 Å². The van der Waals surface area contributed by atoms with Gasteiger partial charge in [0.15, 0.2) is 11.2 Å². The molecule has 0 bridgehead atoms. The van der Waals surface area contributed by atoms with Gasteiger partial charge in [0.1, 0.15) is 11.3 Å². The van der Waals surface area contributed by atoms with Gasteiger partial charge in [0.2, 0.25) is 0 Å². The van der Waals surface area contributed by atoms with Gasteiger partial charge in [-0.3, -0.25) is 13.9 Å². The van der Waals surface area contributed by atoms with Gasteiger partial charge >= 0.3 is 11.3 Å². The predicted octanol–water partition coefficient (Wildman–Crippen LogP) is 0.602. The first kappa shape index (κ1) is 16.8. The van der Waals surface area contributed by atoms with Gasteiger partial charge in [-0.15, -0.1) is 0 Å². The first-order chi connectivity index (χ1) is 12.8. The number of benzene rings is 1. The number of phenolic OH excluding ortho intramolecular Hbond substituents is 1. The summed E-state index contributed by atoms with van der Waals surface area (Å²) >= 11 is 0. The largest absolute Gasteiger partial charge is 0.508 e. The van der Waals surface area contributed by atoms with Crippen LogP contribution in [0.1, 0.15) is 11.1 Å². The van der Waals surface area contributed by atoms with E-state index in [0.29, 0.717) is 22.1 Å². The maximum Gasteiger partial charge on any atom is 0.336 e. The second-order valence-corrected chi connectivity index (χ2v) is 6.43. The molecule has 4 rings (SSSR count). The van der Waals surface area contributed by atoms with Gasteiger partial charge in [-0.1, -0.05) is 0 Å².